The summed E-state index contributed by atoms with van der Waals surface area (Å²) in [7, 11) is 0. The molecule has 0 saturated heterocycles. The quantitative estimate of drug-likeness (QED) is 0.324. The zero-order valence-corrected chi connectivity index (χ0v) is 19.5. The Hall–Kier alpha value is -3.16. The van der Waals surface area contributed by atoms with Gasteiger partial charge in [0.05, 0.1) is 23.5 Å². The third-order valence-electron chi connectivity index (χ3n) is 5.10. The summed E-state index contributed by atoms with van der Waals surface area (Å²) in [5.74, 6) is -0.154. The van der Waals surface area contributed by atoms with Crippen LogP contribution in [0.3, 0.4) is 0 Å². The highest BCUT2D eigenvalue weighted by atomic mass is 35.5. The van der Waals surface area contributed by atoms with Gasteiger partial charge >= 0.3 is 18.0 Å². The SMILES string of the molecule is O=c1n(Cc2ncc(-c3ccccc3C(F)(F)F)s2)nc(-c2ccc(Cl)cc2)n1CC(O)C(F)(F)F. The van der Waals surface area contributed by atoms with Crippen LogP contribution in [0.1, 0.15) is 10.6 Å². The summed E-state index contributed by atoms with van der Waals surface area (Å²) in [5.41, 5.74) is -1.64. The molecule has 6 nitrogen and oxygen atoms in total. The van der Waals surface area contributed by atoms with Crippen molar-refractivity contribution in [2.24, 2.45) is 0 Å². The summed E-state index contributed by atoms with van der Waals surface area (Å²) in [6, 6.07) is 10.7. The lowest BCUT2D eigenvalue weighted by atomic mass is 10.1. The van der Waals surface area contributed by atoms with Crippen molar-refractivity contribution in [1.29, 1.82) is 0 Å². The molecule has 0 radical (unpaired) electrons. The molecule has 0 spiro atoms. The smallest absolute Gasteiger partial charge is 0.382 e. The van der Waals surface area contributed by atoms with Crippen LogP contribution in [0.4, 0.5) is 26.3 Å². The minimum absolute atomic E-state index is 0.0956. The molecule has 4 rings (SSSR count). The number of nitrogens with zero attached hydrogens (tertiary/aromatic N) is 4. The average Bonchev–Trinajstić information content (AvgIpc) is 3.39. The van der Waals surface area contributed by atoms with Gasteiger partial charge in [0.2, 0.25) is 0 Å². The van der Waals surface area contributed by atoms with Crippen molar-refractivity contribution < 1.29 is 31.4 Å². The van der Waals surface area contributed by atoms with Crippen molar-refractivity contribution in [3.05, 3.63) is 80.8 Å². The zero-order valence-electron chi connectivity index (χ0n) is 17.9. The Kier molecular flexibility index (Phi) is 6.99. The fraction of sp³-hybridized carbons (Fsp3) is 0.227. The predicted octanol–water partition coefficient (Wildman–Crippen LogP) is 5.48. The fourth-order valence-corrected chi connectivity index (χ4v) is 4.44. The summed E-state index contributed by atoms with van der Waals surface area (Å²) >= 11 is 6.74. The maximum atomic E-state index is 13.4. The lowest BCUT2D eigenvalue weighted by Gasteiger charge is -2.15. The molecule has 0 fully saturated rings. The number of aliphatic hydroxyl groups excluding tert-OH is 1. The van der Waals surface area contributed by atoms with Crippen molar-refractivity contribution in [2.45, 2.75) is 31.5 Å². The van der Waals surface area contributed by atoms with Gasteiger partial charge in [-0.25, -0.2) is 14.5 Å². The van der Waals surface area contributed by atoms with Crippen LogP contribution in [-0.2, 0) is 19.3 Å². The van der Waals surface area contributed by atoms with E-state index in [1.54, 1.807) is 0 Å². The van der Waals surface area contributed by atoms with E-state index < -0.39 is 36.3 Å². The van der Waals surface area contributed by atoms with Gasteiger partial charge in [0.25, 0.3) is 0 Å². The van der Waals surface area contributed by atoms with Crippen LogP contribution >= 0.6 is 22.9 Å². The molecular formula is C22H15ClF6N4O2S. The molecule has 0 aliphatic heterocycles. The van der Waals surface area contributed by atoms with E-state index in [1.807, 2.05) is 0 Å². The van der Waals surface area contributed by atoms with Crippen LogP contribution in [-0.4, -0.2) is 36.7 Å². The number of hydrogen-bond acceptors (Lipinski definition) is 5. The molecule has 190 valence electrons. The third kappa shape index (κ3) is 5.47. The van der Waals surface area contributed by atoms with Crippen LogP contribution in [0, 0.1) is 0 Å². The van der Waals surface area contributed by atoms with E-state index in [-0.39, 0.29) is 33.4 Å². The van der Waals surface area contributed by atoms with Crippen molar-refractivity contribution >= 4 is 22.9 Å². The summed E-state index contributed by atoms with van der Waals surface area (Å²) < 4.78 is 80.6. The molecule has 0 aliphatic rings. The Bertz CT molecular complexity index is 1430. The molecule has 1 unspecified atom stereocenters. The van der Waals surface area contributed by atoms with Gasteiger partial charge in [-0.15, -0.1) is 16.4 Å². The van der Waals surface area contributed by atoms with Crippen LogP contribution in [0.5, 0.6) is 0 Å². The van der Waals surface area contributed by atoms with E-state index in [0.29, 0.717) is 9.59 Å². The van der Waals surface area contributed by atoms with Crippen LogP contribution in [0.25, 0.3) is 21.8 Å². The first-order valence-electron chi connectivity index (χ1n) is 10.1. The number of aromatic nitrogens is 4. The van der Waals surface area contributed by atoms with Gasteiger partial charge in [0, 0.05) is 22.3 Å². The Morgan fingerprint density at radius 2 is 1.69 bits per heavy atom. The molecule has 0 aliphatic carbocycles. The van der Waals surface area contributed by atoms with E-state index in [9.17, 15) is 36.2 Å². The third-order valence-corrected chi connectivity index (χ3v) is 6.36. The Morgan fingerprint density at radius 1 is 1.03 bits per heavy atom. The monoisotopic (exact) mass is 548 g/mol. The maximum Gasteiger partial charge on any atom is 0.417 e. The van der Waals surface area contributed by atoms with Crippen LogP contribution < -0.4 is 5.69 Å². The number of benzene rings is 2. The highest BCUT2D eigenvalue weighted by Crippen LogP contribution is 2.38. The summed E-state index contributed by atoms with van der Waals surface area (Å²) in [5, 5.41) is 14.2. The number of rotatable bonds is 6. The van der Waals surface area contributed by atoms with Gasteiger partial charge in [-0.3, -0.25) is 4.57 Å². The molecule has 14 heteroatoms. The Balaban J connectivity index is 1.71. The zero-order chi connectivity index (χ0) is 26.3. The number of halogens is 7. The molecule has 1 atom stereocenters. The van der Waals surface area contributed by atoms with Crippen molar-refractivity contribution in [2.75, 3.05) is 0 Å². The summed E-state index contributed by atoms with van der Waals surface area (Å²) in [4.78, 5) is 17.2. The molecule has 1 N–H and O–H groups in total. The van der Waals surface area contributed by atoms with Gasteiger partial charge in [-0.05, 0) is 30.3 Å². The molecule has 4 aromatic rings. The highest BCUT2D eigenvalue weighted by Gasteiger charge is 2.39. The normalized spacial score (nSPS) is 13.2. The Labute approximate surface area is 208 Å². The molecule has 2 aromatic heterocycles. The van der Waals surface area contributed by atoms with E-state index in [2.05, 4.69) is 10.1 Å². The minimum Gasteiger partial charge on any atom is -0.382 e. The Morgan fingerprint density at radius 3 is 2.33 bits per heavy atom. The number of aliphatic hydroxyl groups is 1. The predicted molar refractivity (Wildman–Crippen MR) is 121 cm³/mol. The van der Waals surface area contributed by atoms with Gasteiger partial charge in [-0.1, -0.05) is 29.8 Å². The van der Waals surface area contributed by atoms with Gasteiger partial charge < -0.3 is 5.11 Å². The molecule has 2 aromatic carbocycles. The van der Waals surface area contributed by atoms with Gasteiger partial charge in [-0.2, -0.15) is 26.3 Å². The first-order chi connectivity index (χ1) is 16.8. The largest absolute Gasteiger partial charge is 0.417 e. The van der Waals surface area contributed by atoms with Crippen LogP contribution in [0.15, 0.2) is 59.5 Å². The number of thiazole rings is 1. The molecule has 2 heterocycles. The standard InChI is InChI=1S/C22H15ClF6N4O2S/c23-13-7-5-12(6-8-13)19-31-33(20(35)32(19)10-17(34)22(27,28)29)11-18-30-9-16(36-18)14-3-1-2-4-15(14)21(24,25)26/h1-9,17,34H,10-11H2. The second kappa shape index (κ2) is 9.71. The van der Waals surface area contributed by atoms with E-state index in [0.717, 1.165) is 22.1 Å². The molecule has 0 amide bonds. The van der Waals surface area contributed by atoms with E-state index in [4.69, 9.17) is 11.6 Å². The summed E-state index contributed by atoms with van der Waals surface area (Å²) in [6.07, 6.45) is -11.2. The summed E-state index contributed by atoms with van der Waals surface area (Å²) in [6.45, 7) is -1.42. The number of alkyl halides is 6. The first kappa shape index (κ1) is 25.9. The lowest BCUT2D eigenvalue weighted by Crippen LogP contribution is -2.37. The number of hydrogen-bond donors (Lipinski definition) is 1. The van der Waals surface area contributed by atoms with Gasteiger partial charge in [0.1, 0.15) is 5.01 Å². The molecule has 0 saturated carbocycles. The average molecular weight is 549 g/mol. The van der Waals surface area contributed by atoms with Crippen molar-refractivity contribution in [3.63, 3.8) is 0 Å². The highest BCUT2D eigenvalue weighted by molar-refractivity contribution is 7.15. The van der Waals surface area contributed by atoms with Crippen LogP contribution in [0.2, 0.25) is 5.02 Å². The van der Waals surface area contributed by atoms with Crippen molar-refractivity contribution in [3.8, 4) is 21.8 Å². The second-order valence-corrected chi connectivity index (χ2v) is 9.15. The maximum absolute atomic E-state index is 13.4. The minimum atomic E-state index is -4.98. The van der Waals surface area contributed by atoms with E-state index in [1.165, 1.54) is 48.7 Å². The molecular weight excluding hydrogens is 534 g/mol. The van der Waals surface area contributed by atoms with Gasteiger partial charge in [0.15, 0.2) is 11.9 Å². The fourth-order valence-electron chi connectivity index (χ4n) is 3.38. The second-order valence-electron chi connectivity index (χ2n) is 7.60. The lowest BCUT2D eigenvalue weighted by molar-refractivity contribution is -0.207. The molecule has 0 bridgehead atoms. The topological polar surface area (TPSA) is 72.9 Å². The van der Waals surface area contributed by atoms with Crippen molar-refractivity contribution in [1.82, 2.24) is 19.3 Å². The van der Waals surface area contributed by atoms with E-state index >= 15 is 0 Å². The first-order valence-corrected chi connectivity index (χ1v) is 11.3. The molecule has 36 heavy (non-hydrogen) atoms.